The maximum atomic E-state index is 5.73. The molecule has 3 aromatic rings. The quantitative estimate of drug-likeness (QED) is 0.491. The Bertz CT molecular complexity index is 781. The van der Waals surface area contributed by atoms with Gasteiger partial charge in [-0.2, -0.15) is 10.1 Å². The van der Waals surface area contributed by atoms with Crippen molar-refractivity contribution in [1.82, 2.24) is 20.2 Å². The molecule has 0 saturated carbocycles. The fourth-order valence-electron chi connectivity index (χ4n) is 2.30. The zero-order valence-corrected chi connectivity index (χ0v) is 12.6. The molecule has 3 rings (SSSR count). The van der Waals surface area contributed by atoms with Crippen LogP contribution in [0.1, 0.15) is 5.69 Å². The lowest BCUT2D eigenvalue weighted by Crippen LogP contribution is -2.10. The van der Waals surface area contributed by atoms with Gasteiger partial charge in [0.15, 0.2) is 5.65 Å². The first kappa shape index (κ1) is 14.3. The molecular weight excluding hydrogens is 280 g/mol. The molecule has 4 N–H and O–H groups in total. The van der Waals surface area contributed by atoms with Gasteiger partial charge in [0.05, 0.1) is 23.4 Å². The Labute approximate surface area is 127 Å². The molecule has 7 nitrogen and oxygen atoms in total. The van der Waals surface area contributed by atoms with Crippen LogP contribution in [0.3, 0.4) is 0 Å². The molecule has 0 fully saturated rings. The minimum Gasteiger partial charge on any atom is -0.399 e. The van der Waals surface area contributed by atoms with Crippen molar-refractivity contribution < 1.29 is 4.74 Å². The van der Waals surface area contributed by atoms with Gasteiger partial charge in [0, 0.05) is 24.9 Å². The Morgan fingerprint density at radius 2 is 2.00 bits per heavy atom. The first-order valence-corrected chi connectivity index (χ1v) is 7.00. The zero-order valence-electron chi connectivity index (χ0n) is 12.6. The van der Waals surface area contributed by atoms with Crippen molar-refractivity contribution in [1.29, 1.82) is 0 Å². The lowest BCUT2D eigenvalue weighted by molar-refractivity contribution is 0.210. The summed E-state index contributed by atoms with van der Waals surface area (Å²) in [7, 11) is 1.66. The van der Waals surface area contributed by atoms with Crippen molar-refractivity contribution in [2.45, 2.75) is 6.92 Å². The number of nitrogen functional groups attached to an aromatic ring is 1. The van der Waals surface area contributed by atoms with Crippen LogP contribution < -0.4 is 11.1 Å². The van der Waals surface area contributed by atoms with Crippen molar-refractivity contribution in [2.75, 3.05) is 31.3 Å². The van der Waals surface area contributed by atoms with Gasteiger partial charge in [0.2, 0.25) is 5.95 Å². The first-order valence-electron chi connectivity index (χ1n) is 7.00. The molecule has 0 unspecified atom stereocenters. The van der Waals surface area contributed by atoms with Gasteiger partial charge in [0.25, 0.3) is 0 Å². The summed E-state index contributed by atoms with van der Waals surface area (Å²) in [5.74, 6) is 0.553. The number of nitrogens with zero attached hydrogens (tertiary/aromatic N) is 3. The second-order valence-electron chi connectivity index (χ2n) is 4.97. The van der Waals surface area contributed by atoms with Crippen LogP contribution in [0, 0.1) is 6.92 Å². The molecule has 0 aliphatic rings. The summed E-state index contributed by atoms with van der Waals surface area (Å²) >= 11 is 0. The third kappa shape index (κ3) is 2.71. The van der Waals surface area contributed by atoms with Gasteiger partial charge in [0.1, 0.15) is 0 Å². The van der Waals surface area contributed by atoms with E-state index >= 15 is 0 Å². The highest BCUT2D eigenvalue weighted by atomic mass is 16.5. The number of nitrogens with two attached hydrogens (primary N) is 1. The van der Waals surface area contributed by atoms with Gasteiger partial charge in [-0.05, 0) is 19.1 Å². The number of fused-ring (bicyclic) bond motifs is 1. The summed E-state index contributed by atoms with van der Waals surface area (Å²) in [6.07, 6.45) is 0. The van der Waals surface area contributed by atoms with Crippen LogP contribution in [-0.2, 0) is 4.74 Å². The van der Waals surface area contributed by atoms with Crippen LogP contribution >= 0.6 is 0 Å². The van der Waals surface area contributed by atoms with Crippen molar-refractivity contribution in [3.8, 4) is 11.3 Å². The summed E-state index contributed by atoms with van der Waals surface area (Å²) < 4.78 is 5.00. The third-order valence-corrected chi connectivity index (χ3v) is 3.38. The SMILES string of the molecule is COCCNc1nc(C)c2c(-c3ccc(N)cc3)[nH]nc2n1. The molecule has 2 heterocycles. The fourth-order valence-corrected chi connectivity index (χ4v) is 2.30. The summed E-state index contributed by atoms with van der Waals surface area (Å²) in [5.41, 5.74) is 9.87. The molecule has 2 aromatic heterocycles. The normalized spacial score (nSPS) is 11.0. The molecule has 1 aromatic carbocycles. The number of H-pyrrole nitrogens is 1. The number of benzene rings is 1. The average molecular weight is 298 g/mol. The molecule has 0 bridgehead atoms. The van der Waals surface area contributed by atoms with Crippen LogP contribution in [0.25, 0.3) is 22.3 Å². The Kier molecular flexibility index (Phi) is 3.88. The predicted octanol–water partition coefficient (Wildman–Crippen LogP) is 1.97. The monoisotopic (exact) mass is 298 g/mol. The lowest BCUT2D eigenvalue weighted by Gasteiger charge is -2.06. The highest BCUT2D eigenvalue weighted by Crippen LogP contribution is 2.28. The number of rotatable bonds is 5. The van der Waals surface area contributed by atoms with E-state index in [2.05, 4.69) is 25.5 Å². The van der Waals surface area contributed by atoms with Crippen molar-refractivity contribution in [2.24, 2.45) is 0 Å². The van der Waals surface area contributed by atoms with E-state index in [0.29, 0.717) is 24.7 Å². The number of aryl methyl sites for hydroxylation is 1. The van der Waals surface area contributed by atoms with Gasteiger partial charge in [-0.25, -0.2) is 4.98 Å². The van der Waals surface area contributed by atoms with Gasteiger partial charge in [-0.1, -0.05) is 12.1 Å². The number of nitrogens with one attached hydrogen (secondary N) is 2. The van der Waals surface area contributed by atoms with E-state index in [1.807, 2.05) is 31.2 Å². The Morgan fingerprint density at radius 3 is 2.73 bits per heavy atom. The minimum absolute atomic E-state index is 0.553. The van der Waals surface area contributed by atoms with Crippen LogP contribution in [0.15, 0.2) is 24.3 Å². The molecule has 7 heteroatoms. The van der Waals surface area contributed by atoms with Gasteiger partial charge < -0.3 is 15.8 Å². The highest BCUT2D eigenvalue weighted by molar-refractivity contribution is 5.93. The van der Waals surface area contributed by atoms with Crippen molar-refractivity contribution in [3.63, 3.8) is 0 Å². The number of methoxy groups -OCH3 is 1. The Hall–Kier alpha value is -2.67. The highest BCUT2D eigenvalue weighted by Gasteiger charge is 2.13. The van der Waals surface area contributed by atoms with E-state index < -0.39 is 0 Å². The number of ether oxygens (including phenoxy) is 1. The number of hydrogen-bond donors (Lipinski definition) is 3. The number of anilines is 2. The summed E-state index contributed by atoms with van der Waals surface area (Å²) in [6, 6.07) is 7.62. The fraction of sp³-hybridized carbons (Fsp3) is 0.267. The topological polar surface area (TPSA) is 102 Å². The summed E-state index contributed by atoms with van der Waals surface area (Å²) in [4.78, 5) is 8.91. The van der Waals surface area contributed by atoms with E-state index in [9.17, 15) is 0 Å². The lowest BCUT2D eigenvalue weighted by atomic mass is 10.1. The molecule has 114 valence electrons. The molecule has 0 radical (unpaired) electrons. The van der Waals surface area contributed by atoms with Gasteiger partial charge in [-0.3, -0.25) is 5.10 Å². The largest absolute Gasteiger partial charge is 0.399 e. The van der Waals surface area contributed by atoms with E-state index in [1.54, 1.807) is 7.11 Å². The van der Waals surface area contributed by atoms with Crippen LogP contribution in [0.4, 0.5) is 11.6 Å². The molecule has 0 amide bonds. The zero-order chi connectivity index (χ0) is 15.5. The molecule has 22 heavy (non-hydrogen) atoms. The van der Waals surface area contributed by atoms with E-state index in [-0.39, 0.29) is 0 Å². The van der Waals surface area contributed by atoms with Gasteiger partial charge in [-0.15, -0.1) is 0 Å². The van der Waals surface area contributed by atoms with Crippen molar-refractivity contribution >= 4 is 22.7 Å². The van der Waals surface area contributed by atoms with Crippen LogP contribution in [0.5, 0.6) is 0 Å². The standard InChI is InChI=1S/C15H18N6O/c1-9-12-13(10-3-5-11(16)6-4-10)20-21-14(12)19-15(18-9)17-7-8-22-2/h3-6H,7-8,16H2,1-2H3,(H2,17,18,19,20,21). The minimum atomic E-state index is 0.553. The molecular formula is C15H18N6O. The first-order chi connectivity index (χ1) is 10.7. The summed E-state index contributed by atoms with van der Waals surface area (Å²) in [6.45, 7) is 3.19. The number of aromatic amines is 1. The van der Waals surface area contributed by atoms with E-state index in [1.165, 1.54) is 0 Å². The van der Waals surface area contributed by atoms with Crippen LogP contribution in [0.2, 0.25) is 0 Å². The molecule has 0 aliphatic carbocycles. The second kappa shape index (κ2) is 5.98. The van der Waals surface area contributed by atoms with E-state index in [4.69, 9.17) is 10.5 Å². The molecule has 0 aliphatic heterocycles. The maximum Gasteiger partial charge on any atom is 0.225 e. The maximum absolute atomic E-state index is 5.73. The van der Waals surface area contributed by atoms with Crippen molar-refractivity contribution in [3.05, 3.63) is 30.0 Å². The molecule has 0 atom stereocenters. The smallest absolute Gasteiger partial charge is 0.225 e. The Morgan fingerprint density at radius 1 is 1.23 bits per heavy atom. The third-order valence-electron chi connectivity index (χ3n) is 3.38. The predicted molar refractivity (Wildman–Crippen MR) is 86.6 cm³/mol. The molecule has 0 saturated heterocycles. The van der Waals surface area contributed by atoms with E-state index in [0.717, 1.165) is 28.0 Å². The number of aromatic nitrogens is 4. The van der Waals surface area contributed by atoms with Gasteiger partial charge >= 0.3 is 0 Å². The Balaban J connectivity index is 1.99. The molecule has 0 spiro atoms. The number of hydrogen-bond acceptors (Lipinski definition) is 6. The average Bonchev–Trinajstić information content (AvgIpc) is 2.93. The van der Waals surface area contributed by atoms with Crippen LogP contribution in [-0.4, -0.2) is 40.4 Å². The second-order valence-corrected chi connectivity index (χ2v) is 4.97. The summed E-state index contributed by atoms with van der Waals surface area (Å²) in [5, 5.41) is 11.4.